The molecular formula is C16H12N2O4S. The molecule has 0 unspecified atom stereocenters. The van der Waals surface area contributed by atoms with Crippen molar-refractivity contribution in [3.05, 3.63) is 76.8 Å². The van der Waals surface area contributed by atoms with Crippen molar-refractivity contribution in [2.75, 3.05) is 4.72 Å². The zero-order valence-corrected chi connectivity index (χ0v) is 12.7. The van der Waals surface area contributed by atoms with Crippen molar-refractivity contribution in [3.8, 4) is 0 Å². The van der Waals surface area contributed by atoms with Gasteiger partial charge in [0.1, 0.15) is 0 Å². The van der Waals surface area contributed by atoms with Gasteiger partial charge in [0.2, 0.25) is 0 Å². The molecule has 0 amide bonds. The van der Waals surface area contributed by atoms with E-state index in [2.05, 4.69) is 4.72 Å². The summed E-state index contributed by atoms with van der Waals surface area (Å²) in [4.78, 5) is 10.3. The molecule has 0 heterocycles. The molecule has 3 aromatic carbocycles. The van der Waals surface area contributed by atoms with Gasteiger partial charge in [-0.1, -0.05) is 36.4 Å². The standard InChI is InChI=1S/C16H12N2O4S/c19-18(20)15-7-3-6-14(11-15)17-23(21,22)16-9-8-12-4-1-2-5-13(12)10-16/h1-11,17H. The number of fused-ring (bicyclic) bond motifs is 1. The van der Waals surface area contributed by atoms with Gasteiger partial charge >= 0.3 is 0 Å². The molecule has 0 bridgehead atoms. The van der Waals surface area contributed by atoms with Crippen molar-refractivity contribution in [1.82, 2.24) is 0 Å². The van der Waals surface area contributed by atoms with Crippen LogP contribution >= 0.6 is 0 Å². The number of nitrogens with one attached hydrogen (secondary N) is 1. The summed E-state index contributed by atoms with van der Waals surface area (Å²) in [7, 11) is -3.82. The Kier molecular flexibility index (Phi) is 3.71. The summed E-state index contributed by atoms with van der Waals surface area (Å²) in [5.74, 6) is 0. The minimum absolute atomic E-state index is 0.0997. The maximum atomic E-state index is 12.4. The van der Waals surface area contributed by atoms with Crippen molar-refractivity contribution in [2.45, 2.75) is 4.90 Å². The van der Waals surface area contributed by atoms with Gasteiger partial charge < -0.3 is 0 Å². The molecule has 0 saturated heterocycles. The van der Waals surface area contributed by atoms with Crippen LogP contribution in [-0.4, -0.2) is 13.3 Å². The number of hydrogen-bond donors (Lipinski definition) is 1. The fourth-order valence-corrected chi connectivity index (χ4v) is 3.32. The average molecular weight is 328 g/mol. The Morgan fingerprint density at radius 2 is 1.61 bits per heavy atom. The van der Waals surface area contributed by atoms with Crippen LogP contribution < -0.4 is 4.72 Å². The largest absolute Gasteiger partial charge is 0.279 e. The third kappa shape index (κ3) is 3.14. The zero-order valence-electron chi connectivity index (χ0n) is 11.8. The molecule has 116 valence electrons. The lowest BCUT2D eigenvalue weighted by Crippen LogP contribution is -2.13. The summed E-state index contributed by atoms with van der Waals surface area (Å²) in [6.07, 6.45) is 0. The molecule has 7 heteroatoms. The van der Waals surface area contributed by atoms with E-state index in [1.54, 1.807) is 12.1 Å². The predicted molar refractivity (Wildman–Crippen MR) is 87.9 cm³/mol. The van der Waals surface area contributed by atoms with Gasteiger partial charge in [0.05, 0.1) is 15.5 Å². The Morgan fingerprint density at radius 3 is 2.35 bits per heavy atom. The molecule has 0 aliphatic carbocycles. The monoisotopic (exact) mass is 328 g/mol. The molecule has 0 fully saturated rings. The number of nitrogens with zero attached hydrogens (tertiary/aromatic N) is 1. The van der Waals surface area contributed by atoms with Gasteiger partial charge in [0, 0.05) is 12.1 Å². The lowest BCUT2D eigenvalue weighted by Gasteiger charge is -2.09. The quantitative estimate of drug-likeness (QED) is 0.586. The SMILES string of the molecule is O=[N+]([O-])c1cccc(NS(=O)(=O)c2ccc3ccccc3c2)c1. The van der Waals surface area contributed by atoms with Crippen molar-refractivity contribution in [2.24, 2.45) is 0 Å². The maximum absolute atomic E-state index is 12.4. The first-order chi connectivity index (χ1) is 11.0. The lowest BCUT2D eigenvalue weighted by atomic mass is 10.1. The summed E-state index contributed by atoms with van der Waals surface area (Å²) < 4.78 is 27.3. The van der Waals surface area contributed by atoms with Gasteiger partial charge in [-0.3, -0.25) is 14.8 Å². The third-order valence-corrected chi connectivity index (χ3v) is 4.72. The van der Waals surface area contributed by atoms with Crippen LogP contribution in [0.3, 0.4) is 0 Å². The Hall–Kier alpha value is -2.93. The van der Waals surface area contributed by atoms with Crippen molar-refractivity contribution < 1.29 is 13.3 Å². The Balaban J connectivity index is 1.97. The van der Waals surface area contributed by atoms with Gasteiger partial charge in [-0.2, -0.15) is 0 Å². The number of anilines is 1. The normalized spacial score (nSPS) is 11.3. The number of nitro groups is 1. The molecule has 0 saturated carbocycles. The van der Waals surface area contributed by atoms with Crippen LogP contribution in [-0.2, 0) is 10.0 Å². The first kappa shape index (κ1) is 15.0. The molecule has 1 N–H and O–H groups in total. The number of nitro benzene ring substituents is 1. The van der Waals surface area contributed by atoms with E-state index < -0.39 is 14.9 Å². The second-order valence-corrected chi connectivity index (χ2v) is 6.60. The average Bonchev–Trinajstić information content (AvgIpc) is 2.54. The van der Waals surface area contributed by atoms with Crippen LogP contribution in [0.4, 0.5) is 11.4 Å². The van der Waals surface area contributed by atoms with Gasteiger partial charge in [-0.05, 0) is 29.0 Å². The van der Waals surface area contributed by atoms with Crippen molar-refractivity contribution in [1.29, 1.82) is 0 Å². The lowest BCUT2D eigenvalue weighted by molar-refractivity contribution is -0.384. The highest BCUT2D eigenvalue weighted by Gasteiger charge is 2.16. The topological polar surface area (TPSA) is 89.3 Å². The van der Waals surface area contributed by atoms with Gasteiger partial charge in [0.15, 0.2) is 0 Å². The van der Waals surface area contributed by atoms with Crippen LogP contribution in [0.5, 0.6) is 0 Å². The van der Waals surface area contributed by atoms with Crippen LogP contribution in [0, 0.1) is 10.1 Å². The Labute approximate surface area is 132 Å². The molecule has 6 nitrogen and oxygen atoms in total. The number of benzene rings is 3. The van der Waals surface area contributed by atoms with E-state index in [1.807, 2.05) is 24.3 Å². The van der Waals surface area contributed by atoms with Gasteiger partial charge in [-0.15, -0.1) is 0 Å². The summed E-state index contributed by atoms with van der Waals surface area (Å²) >= 11 is 0. The summed E-state index contributed by atoms with van der Waals surface area (Å²) in [6, 6.07) is 17.6. The van der Waals surface area contributed by atoms with Crippen LogP contribution in [0.2, 0.25) is 0 Å². The molecule has 0 aromatic heterocycles. The highest BCUT2D eigenvalue weighted by molar-refractivity contribution is 7.92. The molecular weight excluding hydrogens is 316 g/mol. The van der Waals surface area contributed by atoms with Gasteiger partial charge in [0.25, 0.3) is 15.7 Å². The molecule has 0 atom stereocenters. The van der Waals surface area contributed by atoms with E-state index >= 15 is 0 Å². The van der Waals surface area contributed by atoms with Crippen molar-refractivity contribution >= 4 is 32.2 Å². The molecule has 3 rings (SSSR count). The Morgan fingerprint density at radius 1 is 0.870 bits per heavy atom. The first-order valence-electron chi connectivity index (χ1n) is 6.72. The molecule has 0 radical (unpaired) electrons. The second kappa shape index (κ2) is 5.69. The molecule has 0 spiro atoms. The highest BCUT2D eigenvalue weighted by atomic mass is 32.2. The molecule has 3 aromatic rings. The molecule has 0 aliphatic heterocycles. The summed E-state index contributed by atoms with van der Waals surface area (Å²) in [5.41, 5.74) is -0.0314. The van der Waals surface area contributed by atoms with Crippen LogP contribution in [0.25, 0.3) is 10.8 Å². The smallest absolute Gasteiger partial charge is 0.271 e. The van der Waals surface area contributed by atoms with E-state index in [1.165, 1.54) is 30.3 Å². The summed E-state index contributed by atoms with van der Waals surface area (Å²) in [5, 5.41) is 12.5. The second-order valence-electron chi connectivity index (χ2n) is 4.92. The number of sulfonamides is 1. The fourth-order valence-electron chi connectivity index (χ4n) is 2.23. The van der Waals surface area contributed by atoms with E-state index in [-0.39, 0.29) is 16.3 Å². The minimum Gasteiger partial charge on any atom is -0.279 e. The predicted octanol–water partition coefficient (Wildman–Crippen LogP) is 3.55. The van der Waals surface area contributed by atoms with E-state index in [4.69, 9.17) is 0 Å². The number of rotatable bonds is 4. The third-order valence-electron chi connectivity index (χ3n) is 3.34. The highest BCUT2D eigenvalue weighted by Crippen LogP contribution is 2.23. The fraction of sp³-hybridized carbons (Fsp3) is 0. The van der Waals surface area contributed by atoms with E-state index in [0.717, 1.165) is 10.8 Å². The zero-order chi connectivity index (χ0) is 16.4. The molecule has 23 heavy (non-hydrogen) atoms. The van der Waals surface area contributed by atoms with Crippen molar-refractivity contribution in [3.63, 3.8) is 0 Å². The summed E-state index contributed by atoms with van der Waals surface area (Å²) in [6.45, 7) is 0. The van der Waals surface area contributed by atoms with E-state index in [0.29, 0.717) is 0 Å². The molecule has 0 aliphatic rings. The minimum atomic E-state index is -3.82. The number of hydrogen-bond acceptors (Lipinski definition) is 4. The Bertz CT molecular complexity index is 1000. The first-order valence-corrected chi connectivity index (χ1v) is 8.20. The van der Waals surface area contributed by atoms with Crippen LogP contribution in [0.1, 0.15) is 0 Å². The van der Waals surface area contributed by atoms with E-state index in [9.17, 15) is 18.5 Å². The van der Waals surface area contributed by atoms with Crippen LogP contribution in [0.15, 0.2) is 71.6 Å². The maximum Gasteiger partial charge on any atom is 0.271 e. The van der Waals surface area contributed by atoms with Gasteiger partial charge in [-0.25, -0.2) is 8.42 Å². The number of non-ortho nitro benzene ring substituents is 1.